The minimum Gasteiger partial charge on any atom is -0.0912 e. The molecule has 0 saturated carbocycles. The predicted molar refractivity (Wildman–Crippen MR) is 42.7 cm³/mol. The first-order chi connectivity index (χ1) is 3.56. The molecule has 0 unspecified atom stereocenters. The van der Waals surface area contributed by atoms with Crippen LogP contribution in [0.4, 0.5) is 0 Å². The zero-order chi connectivity index (χ0) is 6.62. The first-order valence-electron chi connectivity index (χ1n) is 3.00. The van der Waals surface area contributed by atoms with Gasteiger partial charge in [0.25, 0.3) is 0 Å². The van der Waals surface area contributed by atoms with Crippen LogP contribution in [-0.2, 0) is 0 Å². The van der Waals surface area contributed by atoms with Crippen LogP contribution in [0.5, 0.6) is 0 Å². The maximum Gasteiger partial charge on any atom is 0.0480 e. The molecule has 0 heterocycles. The summed E-state index contributed by atoms with van der Waals surface area (Å²) in [6, 6.07) is 1.26. The highest BCUT2D eigenvalue weighted by Gasteiger charge is 2.08. The standard InChI is InChI=1S/C7H15Si/c1-5-6-7-8(2,3)4/h5-6H,1,7H2,2-4H3/b6-5+. The normalized spacial score (nSPS) is 13.0. The van der Waals surface area contributed by atoms with E-state index in [9.17, 15) is 0 Å². The highest BCUT2D eigenvalue weighted by Crippen LogP contribution is 2.07. The molecule has 0 atom stereocenters. The Kier molecular flexibility index (Phi) is 3.06. The van der Waals surface area contributed by atoms with E-state index in [0.717, 1.165) is 0 Å². The van der Waals surface area contributed by atoms with Crippen molar-refractivity contribution in [3.05, 3.63) is 19.1 Å². The Morgan fingerprint density at radius 2 is 1.88 bits per heavy atom. The van der Waals surface area contributed by atoms with Crippen LogP contribution in [0.1, 0.15) is 0 Å². The molecule has 0 spiro atoms. The van der Waals surface area contributed by atoms with E-state index in [-0.39, 0.29) is 0 Å². The molecule has 1 heteroatoms. The van der Waals surface area contributed by atoms with Crippen molar-refractivity contribution in [2.75, 3.05) is 0 Å². The molecule has 0 bridgehead atoms. The lowest BCUT2D eigenvalue weighted by molar-refractivity contribution is 1.51. The highest BCUT2D eigenvalue weighted by atomic mass is 28.3. The van der Waals surface area contributed by atoms with Crippen molar-refractivity contribution in [2.45, 2.75) is 25.7 Å². The van der Waals surface area contributed by atoms with Crippen molar-refractivity contribution in [1.82, 2.24) is 0 Å². The molecule has 0 nitrogen and oxygen atoms in total. The molecular weight excluding hydrogens is 112 g/mol. The van der Waals surface area contributed by atoms with Gasteiger partial charge < -0.3 is 0 Å². The zero-order valence-corrected chi connectivity index (χ0v) is 7.07. The molecule has 0 fully saturated rings. The molecule has 0 aliphatic carbocycles. The maximum absolute atomic E-state index is 3.63. The summed E-state index contributed by atoms with van der Waals surface area (Å²) in [7, 11) is -0.805. The smallest absolute Gasteiger partial charge is 0.0480 e. The van der Waals surface area contributed by atoms with Crippen molar-refractivity contribution < 1.29 is 0 Å². The Hall–Kier alpha value is -0.0431. The number of hydrogen-bond donors (Lipinski definition) is 0. The molecule has 0 saturated heterocycles. The van der Waals surface area contributed by atoms with E-state index < -0.39 is 8.07 Å². The average molecular weight is 127 g/mol. The van der Waals surface area contributed by atoms with Crippen LogP contribution in [-0.4, -0.2) is 8.07 Å². The maximum atomic E-state index is 3.63. The van der Waals surface area contributed by atoms with Gasteiger partial charge >= 0.3 is 0 Å². The van der Waals surface area contributed by atoms with E-state index in [2.05, 4.69) is 32.6 Å². The molecule has 0 aromatic carbocycles. The van der Waals surface area contributed by atoms with E-state index in [4.69, 9.17) is 0 Å². The lowest BCUT2D eigenvalue weighted by Gasteiger charge is -2.10. The fourth-order valence-corrected chi connectivity index (χ4v) is 1.31. The minimum atomic E-state index is -0.805. The lowest BCUT2D eigenvalue weighted by atomic mass is 10.6. The van der Waals surface area contributed by atoms with Crippen LogP contribution in [0, 0.1) is 6.92 Å². The molecule has 0 N–H and O–H groups in total. The lowest BCUT2D eigenvalue weighted by Crippen LogP contribution is -2.17. The summed E-state index contributed by atoms with van der Waals surface area (Å²) in [6.45, 7) is 10.7. The Labute approximate surface area is 53.6 Å². The van der Waals surface area contributed by atoms with Crippen molar-refractivity contribution >= 4 is 8.07 Å². The van der Waals surface area contributed by atoms with Gasteiger partial charge in [0.05, 0.1) is 0 Å². The molecule has 0 aromatic rings. The van der Waals surface area contributed by atoms with Crippen LogP contribution in [0.2, 0.25) is 25.7 Å². The van der Waals surface area contributed by atoms with E-state index in [1.54, 1.807) is 0 Å². The third kappa shape index (κ3) is 5.96. The van der Waals surface area contributed by atoms with Gasteiger partial charge in [-0.2, -0.15) is 0 Å². The predicted octanol–water partition coefficient (Wildman–Crippen LogP) is 2.71. The molecule has 1 radical (unpaired) electrons. The van der Waals surface area contributed by atoms with Gasteiger partial charge in [-0.25, -0.2) is 0 Å². The monoisotopic (exact) mass is 127 g/mol. The second-order valence-electron chi connectivity index (χ2n) is 3.24. The first-order valence-corrected chi connectivity index (χ1v) is 6.71. The quantitative estimate of drug-likeness (QED) is 0.500. The van der Waals surface area contributed by atoms with E-state index in [0.29, 0.717) is 0 Å². The fraction of sp³-hybridized carbons (Fsp3) is 0.571. The molecule has 0 aliphatic heterocycles. The summed E-state index contributed by atoms with van der Waals surface area (Å²) >= 11 is 0. The Morgan fingerprint density at radius 1 is 1.38 bits per heavy atom. The largest absolute Gasteiger partial charge is 0.0912 e. The molecule has 0 rings (SSSR count). The van der Waals surface area contributed by atoms with Crippen LogP contribution >= 0.6 is 0 Å². The van der Waals surface area contributed by atoms with Crippen molar-refractivity contribution in [1.29, 1.82) is 0 Å². The van der Waals surface area contributed by atoms with Gasteiger partial charge in [0, 0.05) is 8.07 Å². The van der Waals surface area contributed by atoms with Gasteiger partial charge in [-0.3, -0.25) is 0 Å². The highest BCUT2D eigenvalue weighted by molar-refractivity contribution is 6.76. The fourth-order valence-electron chi connectivity index (χ4n) is 0.437. The molecule has 0 aromatic heterocycles. The van der Waals surface area contributed by atoms with E-state index >= 15 is 0 Å². The minimum absolute atomic E-state index is 0.805. The first kappa shape index (κ1) is 7.96. The summed E-state index contributed by atoms with van der Waals surface area (Å²) in [5, 5.41) is 0. The Balaban J connectivity index is 3.39. The molecule has 8 heavy (non-hydrogen) atoms. The zero-order valence-electron chi connectivity index (χ0n) is 6.07. The number of allylic oxidation sites excluding steroid dienone is 2. The van der Waals surface area contributed by atoms with Gasteiger partial charge in [0.1, 0.15) is 0 Å². The summed E-state index contributed by atoms with van der Waals surface area (Å²) in [5.74, 6) is 0. The summed E-state index contributed by atoms with van der Waals surface area (Å²) in [6.07, 6.45) is 4.05. The Bertz CT molecular complexity index is 76.9. The van der Waals surface area contributed by atoms with Gasteiger partial charge in [-0.1, -0.05) is 31.8 Å². The van der Waals surface area contributed by atoms with Crippen LogP contribution in [0.15, 0.2) is 12.2 Å². The van der Waals surface area contributed by atoms with Crippen LogP contribution in [0.25, 0.3) is 0 Å². The van der Waals surface area contributed by atoms with Gasteiger partial charge in [0.15, 0.2) is 0 Å². The third-order valence-corrected chi connectivity index (χ3v) is 2.36. The topological polar surface area (TPSA) is 0 Å². The van der Waals surface area contributed by atoms with Crippen LogP contribution in [0.3, 0.4) is 0 Å². The van der Waals surface area contributed by atoms with Crippen LogP contribution < -0.4 is 0 Å². The molecule has 47 valence electrons. The van der Waals surface area contributed by atoms with E-state index in [1.807, 2.05) is 6.08 Å². The van der Waals surface area contributed by atoms with Crippen molar-refractivity contribution in [3.63, 3.8) is 0 Å². The number of hydrogen-bond acceptors (Lipinski definition) is 0. The van der Waals surface area contributed by atoms with Crippen molar-refractivity contribution in [3.8, 4) is 0 Å². The van der Waals surface area contributed by atoms with Crippen molar-refractivity contribution in [2.24, 2.45) is 0 Å². The second-order valence-corrected chi connectivity index (χ2v) is 8.77. The van der Waals surface area contributed by atoms with Gasteiger partial charge in [-0.15, -0.1) is 0 Å². The van der Waals surface area contributed by atoms with Gasteiger partial charge in [0.2, 0.25) is 0 Å². The average Bonchev–Trinajstić information content (AvgIpc) is 1.59. The number of rotatable bonds is 2. The summed E-state index contributed by atoms with van der Waals surface area (Å²) < 4.78 is 0. The molecule has 0 aliphatic rings. The summed E-state index contributed by atoms with van der Waals surface area (Å²) in [5.41, 5.74) is 0. The Morgan fingerprint density at radius 3 is 2.00 bits per heavy atom. The van der Waals surface area contributed by atoms with E-state index in [1.165, 1.54) is 6.04 Å². The van der Waals surface area contributed by atoms with Gasteiger partial charge in [-0.05, 0) is 13.0 Å². The SMILES string of the molecule is [CH2]/C=C/C[Si](C)(C)C. The summed E-state index contributed by atoms with van der Waals surface area (Å²) in [4.78, 5) is 0. The second kappa shape index (κ2) is 3.08. The third-order valence-electron chi connectivity index (χ3n) is 0.897. The molecule has 0 amide bonds. The molecular formula is C7H15Si.